The molecule has 1 aliphatic rings. The fourth-order valence-electron chi connectivity index (χ4n) is 2.03. The number of carbonyl (C=O) groups excluding carboxylic acids is 1. The van der Waals surface area contributed by atoms with Crippen molar-refractivity contribution in [1.82, 2.24) is 5.32 Å². The Balaban J connectivity index is 1.97. The molecule has 0 spiro atoms. The maximum Gasteiger partial charge on any atom is 0.337 e. The zero-order valence-corrected chi connectivity index (χ0v) is 10.9. The van der Waals surface area contributed by atoms with Crippen molar-refractivity contribution in [3.8, 4) is 0 Å². The van der Waals surface area contributed by atoms with Gasteiger partial charge in [-0.1, -0.05) is 0 Å². The van der Waals surface area contributed by atoms with Crippen molar-refractivity contribution in [3.63, 3.8) is 0 Å². The molecule has 1 aromatic rings. The number of carboxylic acids is 1. The van der Waals surface area contributed by atoms with Crippen molar-refractivity contribution in [2.24, 2.45) is 0 Å². The summed E-state index contributed by atoms with van der Waals surface area (Å²) in [6.07, 6.45) is 1.56. The number of anilines is 1. The van der Waals surface area contributed by atoms with Gasteiger partial charge in [-0.2, -0.15) is 0 Å². The van der Waals surface area contributed by atoms with Gasteiger partial charge in [-0.15, -0.1) is 0 Å². The third-order valence-corrected chi connectivity index (χ3v) is 3.22. The molecule has 0 atom stereocenters. The Kier molecular flexibility index (Phi) is 4.19. The quantitative estimate of drug-likeness (QED) is 0.786. The zero-order valence-electron chi connectivity index (χ0n) is 10.9. The first kappa shape index (κ1) is 14.3. The number of urea groups is 1. The fraction of sp³-hybridized carbons (Fsp3) is 0.385. The van der Waals surface area contributed by atoms with Gasteiger partial charge in [-0.3, -0.25) is 0 Å². The molecule has 1 fully saturated rings. The Labute approximate surface area is 114 Å². The number of rotatable bonds is 4. The van der Waals surface area contributed by atoms with E-state index in [1.54, 1.807) is 7.11 Å². The van der Waals surface area contributed by atoms with E-state index in [0.29, 0.717) is 12.8 Å². The van der Waals surface area contributed by atoms with Crippen LogP contribution in [0.2, 0.25) is 0 Å². The van der Waals surface area contributed by atoms with Crippen LogP contribution in [-0.4, -0.2) is 36.4 Å². The Morgan fingerprint density at radius 1 is 1.40 bits per heavy atom. The number of ether oxygens (including phenoxy) is 1. The predicted molar refractivity (Wildman–Crippen MR) is 69.3 cm³/mol. The molecule has 20 heavy (non-hydrogen) atoms. The van der Waals surface area contributed by atoms with Crippen LogP contribution in [0.15, 0.2) is 18.2 Å². The first-order valence-corrected chi connectivity index (χ1v) is 6.12. The Hall–Kier alpha value is -2.15. The lowest BCUT2D eigenvalue weighted by molar-refractivity contribution is 0.0210. The third kappa shape index (κ3) is 3.24. The molecule has 0 aliphatic heterocycles. The number of hydrogen-bond acceptors (Lipinski definition) is 3. The first-order chi connectivity index (χ1) is 9.49. The SMILES string of the molecule is COC1CC(NC(=O)Nc2cc(F)ccc2C(=O)O)C1. The van der Waals surface area contributed by atoms with E-state index >= 15 is 0 Å². The maximum atomic E-state index is 13.1. The highest BCUT2D eigenvalue weighted by molar-refractivity contribution is 6.00. The summed E-state index contributed by atoms with van der Waals surface area (Å²) in [5.41, 5.74) is -0.234. The molecule has 7 heteroatoms. The second kappa shape index (κ2) is 5.87. The summed E-state index contributed by atoms with van der Waals surface area (Å²) in [6, 6.07) is 2.54. The third-order valence-electron chi connectivity index (χ3n) is 3.22. The molecule has 2 amide bonds. The minimum Gasteiger partial charge on any atom is -0.478 e. The molecule has 1 aromatic carbocycles. The number of nitrogens with one attached hydrogen (secondary N) is 2. The lowest BCUT2D eigenvalue weighted by Gasteiger charge is -2.34. The molecule has 0 unspecified atom stereocenters. The van der Waals surface area contributed by atoms with E-state index in [2.05, 4.69) is 10.6 Å². The smallest absolute Gasteiger partial charge is 0.337 e. The average molecular weight is 282 g/mol. The van der Waals surface area contributed by atoms with Crippen LogP contribution < -0.4 is 10.6 Å². The van der Waals surface area contributed by atoms with Crippen molar-refractivity contribution >= 4 is 17.7 Å². The average Bonchev–Trinajstić information content (AvgIpc) is 2.32. The van der Waals surface area contributed by atoms with Crippen LogP contribution in [0.25, 0.3) is 0 Å². The summed E-state index contributed by atoms with van der Waals surface area (Å²) in [5.74, 6) is -1.85. The lowest BCUT2D eigenvalue weighted by Crippen LogP contribution is -2.48. The number of benzene rings is 1. The Morgan fingerprint density at radius 2 is 2.10 bits per heavy atom. The van der Waals surface area contributed by atoms with Crippen molar-refractivity contribution < 1.29 is 23.8 Å². The number of carboxylic acid groups (broad SMARTS) is 1. The molecule has 1 aliphatic carbocycles. The van der Waals surface area contributed by atoms with Crippen LogP contribution in [0, 0.1) is 5.82 Å². The van der Waals surface area contributed by atoms with Crippen molar-refractivity contribution in [3.05, 3.63) is 29.6 Å². The summed E-state index contributed by atoms with van der Waals surface area (Å²) >= 11 is 0. The number of methoxy groups -OCH3 is 1. The van der Waals surface area contributed by atoms with E-state index < -0.39 is 17.8 Å². The summed E-state index contributed by atoms with van der Waals surface area (Å²) in [5, 5.41) is 14.0. The van der Waals surface area contributed by atoms with Gasteiger partial charge < -0.3 is 20.5 Å². The monoisotopic (exact) mass is 282 g/mol. The van der Waals surface area contributed by atoms with Gasteiger partial charge in [0.2, 0.25) is 0 Å². The molecule has 2 rings (SSSR count). The number of halogens is 1. The molecule has 0 radical (unpaired) electrons. The predicted octanol–water partition coefficient (Wildman–Crippen LogP) is 1.82. The number of hydrogen-bond donors (Lipinski definition) is 3. The standard InChI is InChI=1S/C13H15FN2O4/c1-20-9-5-8(6-9)15-13(19)16-11-4-7(14)2-3-10(11)12(17)18/h2-4,8-9H,5-6H2,1H3,(H,17,18)(H2,15,16,19). The highest BCUT2D eigenvalue weighted by atomic mass is 19.1. The van der Waals surface area contributed by atoms with E-state index in [1.165, 1.54) is 0 Å². The Bertz CT molecular complexity index is 529. The van der Waals surface area contributed by atoms with Gasteiger partial charge in [-0.05, 0) is 31.0 Å². The molecule has 0 aromatic heterocycles. The van der Waals surface area contributed by atoms with Gasteiger partial charge in [0.15, 0.2) is 0 Å². The van der Waals surface area contributed by atoms with E-state index in [-0.39, 0.29) is 23.4 Å². The van der Waals surface area contributed by atoms with Crippen LogP contribution in [0.4, 0.5) is 14.9 Å². The topological polar surface area (TPSA) is 87.7 Å². The molecule has 0 heterocycles. The highest BCUT2D eigenvalue weighted by Crippen LogP contribution is 2.23. The molecular weight excluding hydrogens is 267 g/mol. The normalized spacial score (nSPS) is 20.9. The highest BCUT2D eigenvalue weighted by Gasteiger charge is 2.30. The van der Waals surface area contributed by atoms with E-state index in [0.717, 1.165) is 18.2 Å². The number of aromatic carboxylic acids is 1. The van der Waals surface area contributed by atoms with E-state index in [9.17, 15) is 14.0 Å². The van der Waals surface area contributed by atoms with Crippen LogP contribution in [0.5, 0.6) is 0 Å². The van der Waals surface area contributed by atoms with Crippen molar-refractivity contribution in [2.75, 3.05) is 12.4 Å². The maximum absolute atomic E-state index is 13.1. The second-order valence-corrected chi connectivity index (χ2v) is 4.62. The zero-order chi connectivity index (χ0) is 14.7. The number of amides is 2. The van der Waals surface area contributed by atoms with Crippen molar-refractivity contribution in [2.45, 2.75) is 25.0 Å². The molecule has 1 saturated carbocycles. The molecule has 0 saturated heterocycles. The van der Waals surface area contributed by atoms with Gasteiger partial charge in [0.1, 0.15) is 5.82 Å². The molecular formula is C13H15FN2O4. The van der Waals surface area contributed by atoms with Gasteiger partial charge in [0.25, 0.3) is 0 Å². The van der Waals surface area contributed by atoms with Crippen LogP contribution in [0.1, 0.15) is 23.2 Å². The fourth-order valence-corrected chi connectivity index (χ4v) is 2.03. The van der Waals surface area contributed by atoms with E-state index in [4.69, 9.17) is 9.84 Å². The van der Waals surface area contributed by atoms with Gasteiger partial charge in [-0.25, -0.2) is 14.0 Å². The summed E-state index contributed by atoms with van der Waals surface area (Å²) in [4.78, 5) is 22.7. The first-order valence-electron chi connectivity index (χ1n) is 6.12. The minimum atomic E-state index is -1.23. The number of carbonyl (C=O) groups is 2. The Morgan fingerprint density at radius 3 is 2.70 bits per heavy atom. The van der Waals surface area contributed by atoms with Crippen molar-refractivity contribution in [1.29, 1.82) is 0 Å². The summed E-state index contributed by atoms with van der Waals surface area (Å²) in [6.45, 7) is 0. The lowest BCUT2D eigenvalue weighted by atomic mass is 9.89. The van der Waals surface area contributed by atoms with Crippen LogP contribution >= 0.6 is 0 Å². The summed E-state index contributed by atoms with van der Waals surface area (Å²) < 4.78 is 18.2. The van der Waals surface area contributed by atoms with Crippen LogP contribution in [-0.2, 0) is 4.74 Å². The molecule has 0 bridgehead atoms. The molecule has 6 nitrogen and oxygen atoms in total. The second-order valence-electron chi connectivity index (χ2n) is 4.62. The molecule has 3 N–H and O–H groups in total. The summed E-state index contributed by atoms with van der Waals surface area (Å²) in [7, 11) is 1.60. The van der Waals surface area contributed by atoms with Gasteiger partial charge in [0, 0.05) is 13.2 Å². The molecule has 108 valence electrons. The minimum absolute atomic E-state index is 0.0122. The van der Waals surface area contributed by atoms with E-state index in [1.807, 2.05) is 0 Å². The van der Waals surface area contributed by atoms with Gasteiger partial charge in [0.05, 0.1) is 17.4 Å². The largest absolute Gasteiger partial charge is 0.478 e. The van der Waals surface area contributed by atoms with Gasteiger partial charge >= 0.3 is 12.0 Å². The van der Waals surface area contributed by atoms with Crippen LogP contribution in [0.3, 0.4) is 0 Å².